The number of hydrogen-bond acceptors (Lipinski definition) is 10. The van der Waals surface area contributed by atoms with Gasteiger partial charge in [-0.15, -0.1) is 0 Å². The molecule has 63 heavy (non-hydrogen) atoms. The van der Waals surface area contributed by atoms with Gasteiger partial charge in [-0.05, 0) is 38.5 Å². The van der Waals surface area contributed by atoms with Gasteiger partial charge in [-0.2, -0.15) is 0 Å². The van der Waals surface area contributed by atoms with E-state index in [1.807, 2.05) is 0 Å². The summed E-state index contributed by atoms with van der Waals surface area (Å²) in [4.78, 5) is 13.1. The normalized spacial score (nSPS) is 21.2. The van der Waals surface area contributed by atoms with Crippen molar-refractivity contribution < 1.29 is 50.0 Å². The lowest BCUT2D eigenvalue weighted by Crippen LogP contribution is -2.60. The van der Waals surface area contributed by atoms with Crippen LogP contribution in [0.2, 0.25) is 0 Å². The van der Waals surface area contributed by atoms with Gasteiger partial charge in [0.15, 0.2) is 6.29 Å². The molecule has 1 aliphatic heterocycles. The van der Waals surface area contributed by atoms with Crippen LogP contribution in [0, 0.1) is 0 Å². The molecule has 0 aromatic carbocycles. The maximum Gasteiger partial charge on any atom is 0.249 e. The van der Waals surface area contributed by atoms with E-state index in [9.17, 15) is 40.5 Å². The Morgan fingerprint density at radius 3 is 1.37 bits per heavy atom. The molecule has 0 aromatic rings. The van der Waals surface area contributed by atoms with E-state index in [0.29, 0.717) is 12.8 Å². The molecule has 9 unspecified atom stereocenters. The maximum atomic E-state index is 13.1. The van der Waals surface area contributed by atoms with Crippen LogP contribution in [0.15, 0.2) is 12.2 Å². The van der Waals surface area contributed by atoms with Crippen LogP contribution < -0.4 is 5.32 Å². The second-order valence-electron chi connectivity index (χ2n) is 19.0. The Morgan fingerprint density at radius 2 is 0.937 bits per heavy atom. The Morgan fingerprint density at radius 1 is 0.540 bits per heavy atom. The van der Waals surface area contributed by atoms with Gasteiger partial charge < -0.3 is 50.5 Å². The summed E-state index contributed by atoms with van der Waals surface area (Å²) in [6.45, 7) is 3.44. The quantitative estimate of drug-likeness (QED) is 0.0216. The summed E-state index contributed by atoms with van der Waals surface area (Å²) >= 11 is 0. The van der Waals surface area contributed by atoms with Crippen LogP contribution in [0.1, 0.15) is 245 Å². The van der Waals surface area contributed by atoms with Crippen LogP contribution in [0.25, 0.3) is 0 Å². The standard InChI is InChI=1S/C52H101NO10/c1-3-5-7-9-11-13-15-16-17-18-19-20-21-22-23-24-25-26-27-28-30-31-33-35-37-39-44(55)47(57)43(42-62-52-50(60)49(59)48(58)46(41-54)63-52)53-51(61)45(56)40-38-36-34-32-29-14-12-10-8-6-4-2/h31,33,43-50,52,54-60H,3-30,32,34-42H2,1-2H3,(H,53,61)/b33-31+. The van der Waals surface area contributed by atoms with E-state index in [1.54, 1.807) is 0 Å². The van der Waals surface area contributed by atoms with Crippen LogP contribution in [0.3, 0.4) is 0 Å². The summed E-state index contributed by atoms with van der Waals surface area (Å²) in [7, 11) is 0. The van der Waals surface area contributed by atoms with E-state index >= 15 is 0 Å². The number of unbranched alkanes of at least 4 members (excludes halogenated alkanes) is 31. The fourth-order valence-electron chi connectivity index (χ4n) is 8.68. The van der Waals surface area contributed by atoms with E-state index in [1.165, 1.54) is 167 Å². The molecule has 1 saturated heterocycles. The van der Waals surface area contributed by atoms with Crippen molar-refractivity contribution in [2.24, 2.45) is 0 Å². The van der Waals surface area contributed by atoms with Crippen molar-refractivity contribution in [1.29, 1.82) is 0 Å². The maximum absolute atomic E-state index is 13.1. The monoisotopic (exact) mass is 900 g/mol. The van der Waals surface area contributed by atoms with E-state index in [2.05, 4.69) is 31.3 Å². The second-order valence-corrected chi connectivity index (χ2v) is 19.0. The van der Waals surface area contributed by atoms with Crippen molar-refractivity contribution in [3.63, 3.8) is 0 Å². The Hall–Kier alpha value is -1.15. The van der Waals surface area contributed by atoms with Crippen molar-refractivity contribution in [2.45, 2.75) is 300 Å². The Bertz CT molecular complexity index is 1030. The van der Waals surface area contributed by atoms with Gasteiger partial charge in [-0.3, -0.25) is 4.79 Å². The molecule has 8 N–H and O–H groups in total. The highest BCUT2D eigenvalue weighted by molar-refractivity contribution is 5.80. The summed E-state index contributed by atoms with van der Waals surface area (Å²) in [5, 5.41) is 75.8. The summed E-state index contributed by atoms with van der Waals surface area (Å²) in [5.41, 5.74) is 0. The molecule has 0 aliphatic carbocycles. The number of aliphatic hydroxyl groups is 7. The first-order chi connectivity index (χ1) is 30.7. The molecule has 1 amide bonds. The van der Waals surface area contributed by atoms with Gasteiger partial charge in [0.1, 0.15) is 36.6 Å². The summed E-state index contributed by atoms with van der Waals surface area (Å²) in [6, 6.07) is -1.18. The topological polar surface area (TPSA) is 189 Å². The Balaban J connectivity index is 2.32. The largest absolute Gasteiger partial charge is 0.394 e. The molecular formula is C52H101NO10. The third kappa shape index (κ3) is 31.5. The highest BCUT2D eigenvalue weighted by Crippen LogP contribution is 2.23. The number of amides is 1. The number of carbonyl (C=O) groups excluding carboxylic acids is 1. The molecule has 374 valence electrons. The average molecular weight is 900 g/mol. The number of carbonyl (C=O) groups is 1. The summed E-state index contributed by atoms with van der Waals surface area (Å²) in [5.74, 6) is -0.705. The van der Waals surface area contributed by atoms with Crippen molar-refractivity contribution in [3.05, 3.63) is 12.2 Å². The molecule has 1 fully saturated rings. The van der Waals surface area contributed by atoms with E-state index in [-0.39, 0.29) is 12.8 Å². The zero-order chi connectivity index (χ0) is 46.2. The molecule has 0 radical (unpaired) electrons. The predicted octanol–water partition coefficient (Wildman–Crippen LogP) is 10.0. The number of aliphatic hydroxyl groups excluding tert-OH is 7. The third-order valence-electron chi connectivity index (χ3n) is 13.1. The molecular weight excluding hydrogens is 799 g/mol. The van der Waals surface area contributed by atoms with Crippen molar-refractivity contribution >= 4 is 5.91 Å². The van der Waals surface area contributed by atoms with E-state index in [4.69, 9.17) is 9.47 Å². The third-order valence-corrected chi connectivity index (χ3v) is 13.1. The average Bonchev–Trinajstić information content (AvgIpc) is 3.28. The van der Waals surface area contributed by atoms with Crippen LogP contribution in [-0.2, 0) is 14.3 Å². The number of hydrogen-bond donors (Lipinski definition) is 8. The minimum atomic E-state index is -1.66. The minimum absolute atomic E-state index is 0.258. The first kappa shape index (κ1) is 59.9. The number of allylic oxidation sites excluding steroid dienone is 2. The van der Waals surface area contributed by atoms with Crippen molar-refractivity contribution in [1.82, 2.24) is 5.32 Å². The van der Waals surface area contributed by atoms with Gasteiger partial charge in [-0.1, -0.05) is 219 Å². The van der Waals surface area contributed by atoms with E-state index in [0.717, 1.165) is 38.5 Å². The predicted molar refractivity (Wildman–Crippen MR) is 256 cm³/mol. The molecule has 9 atom stereocenters. The highest BCUT2D eigenvalue weighted by Gasteiger charge is 2.44. The first-order valence-electron chi connectivity index (χ1n) is 26.6. The number of rotatable bonds is 45. The second kappa shape index (κ2) is 42.2. The fraction of sp³-hybridized carbons (Fsp3) is 0.942. The van der Waals surface area contributed by atoms with Gasteiger partial charge in [0.05, 0.1) is 25.4 Å². The van der Waals surface area contributed by atoms with Gasteiger partial charge in [0.2, 0.25) is 5.91 Å². The molecule has 11 nitrogen and oxygen atoms in total. The first-order valence-corrected chi connectivity index (χ1v) is 26.6. The Kier molecular flexibility index (Phi) is 40.1. The molecule has 0 spiro atoms. The molecule has 0 saturated carbocycles. The van der Waals surface area contributed by atoms with Gasteiger partial charge in [-0.25, -0.2) is 0 Å². The van der Waals surface area contributed by atoms with Gasteiger partial charge >= 0.3 is 0 Å². The number of ether oxygens (including phenoxy) is 2. The SMILES string of the molecule is CCCCCCCCCCCCCCCCCCCCCC/C=C/CCCC(O)C(O)C(COC1OC(CO)C(O)C(O)C1O)NC(=O)C(O)CCCCCCCCCCCCC. The zero-order valence-corrected chi connectivity index (χ0v) is 40.6. The highest BCUT2D eigenvalue weighted by atomic mass is 16.7. The lowest BCUT2D eigenvalue weighted by atomic mass is 9.98. The molecule has 11 heteroatoms. The minimum Gasteiger partial charge on any atom is -0.394 e. The van der Waals surface area contributed by atoms with Crippen molar-refractivity contribution in [3.8, 4) is 0 Å². The van der Waals surface area contributed by atoms with Crippen molar-refractivity contribution in [2.75, 3.05) is 13.2 Å². The molecule has 0 aromatic heterocycles. The summed E-state index contributed by atoms with van der Waals surface area (Å²) < 4.78 is 11.1. The molecule has 1 heterocycles. The van der Waals surface area contributed by atoms with Crippen LogP contribution in [-0.4, -0.2) is 110 Å². The smallest absolute Gasteiger partial charge is 0.249 e. The fourth-order valence-corrected chi connectivity index (χ4v) is 8.68. The van der Waals surface area contributed by atoms with Crippen LogP contribution in [0.4, 0.5) is 0 Å². The lowest BCUT2D eigenvalue weighted by Gasteiger charge is -2.40. The lowest BCUT2D eigenvalue weighted by molar-refractivity contribution is -0.303. The number of nitrogens with one attached hydrogen (secondary N) is 1. The Labute approximate surface area is 385 Å². The summed E-state index contributed by atoms with van der Waals surface area (Å²) in [6.07, 6.45) is 35.7. The van der Waals surface area contributed by atoms with Crippen LogP contribution in [0.5, 0.6) is 0 Å². The van der Waals surface area contributed by atoms with Gasteiger partial charge in [0, 0.05) is 0 Å². The van der Waals surface area contributed by atoms with E-state index < -0.39 is 74.2 Å². The molecule has 1 aliphatic rings. The molecule has 1 rings (SSSR count). The molecule has 0 bridgehead atoms. The van der Waals surface area contributed by atoms with Crippen LogP contribution >= 0.6 is 0 Å². The van der Waals surface area contributed by atoms with Gasteiger partial charge in [0.25, 0.3) is 0 Å². The zero-order valence-electron chi connectivity index (χ0n) is 40.6.